The predicted octanol–water partition coefficient (Wildman–Crippen LogP) is 2.64. The van der Waals surface area contributed by atoms with E-state index in [1.165, 1.54) is 0 Å². The highest BCUT2D eigenvalue weighted by molar-refractivity contribution is 6.22. The van der Waals surface area contributed by atoms with E-state index in [2.05, 4.69) is 0 Å². The zero-order chi connectivity index (χ0) is 19.8. The molecule has 2 aliphatic rings. The van der Waals surface area contributed by atoms with E-state index in [-0.39, 0.29) is 13.2 Å². The number of ether oxygens (including phenoxy) is 4. The first-order valence-electron chi connectivity index (χ1n) is 8.91. The van der Waals surface area contributed by atoms with Crippen molar-refractivity contribution in [2.24, 2.45) is 0 Å². The van der Waals surface area contributed by atoms with E-state index in [9.17, 15) is 10.2 Å². The Bertz CT molecular complexity index is 726. The molecule has 28 heavy (non-hydrogen) atoms. The van der Waals surface area contributed by atoms with Crippen LogP contribution in [0.5, 0.6) is 0 Å². The molecule has 0 bridgehead atoms. The van der Waals surface area contributed by atoms with Gasteiger partial charge in [-0.15, -0.1) is 0 Å². The number of fused-ring (bicyclic) bond motifs is 1. The van der Waals surface area contributed by atoms with E-state index >= 15 is 0 Å². The van der Waals surface area contributed by atoms with Gasteiger partial charge in [0.1, 0.15) is 24.4 Å². The van der Waals surface area contributed by atoms with Gasteiger partial charge in [0.15, 0.2) is 0 Å². The van der Waals surface area contributed by atoms with Crippen molar-refractivity contribution in [3.63, 3.8) is 0 Å². The third kappa shape index (κ3) is 3.56. The summed E-state index contributed by atoms with van der Waals surface area (Å²) in [7, 11) is 0. The average Bonchev–Trinajstić information content (AvgIpc) is 2.74. The monoisotopic (exact) mass is 426 g/mol. The van der Waals surface area contributed by atoms with Crippen LogP contribution in [0.2, 0.25) is 0 Å². The molecule has 8 heteroatoms. The molecule has 0 amide bonds. The van der Waals surface area contributed by atoms with Crippen LogP contribution in [0.25, 0.3) is 0 Å². The maximum absolute atomic E-state index is 9.94. The summed E-state index contributed by atoms with van der Waals surface area (Å²) < 4.78 is 23.7. The quantitative estimate of drug-likeness (QED) is 0.731. The fourth-order valence-electron chi connectivity index (χ4n) is 3.47. The maximum atomic E-state index is 9.94. The second-order valence-electron chi connectivity index (χ2n) is 6.65. The Labute approximate surface area is 172 Å². The molecular formula is C20H20Cl2O6. The Morgan fingerprint density at radius 2 is 1.00 bits per heavy atom. The Morgan fingerprint density at radius 1 is 0.643 bits per heavy atom. The summed E-state index contributed by atoms with van der Waals surface area (Å²) in [5.41, 5.74) is 1.10. The van der Waals surface area contributed by atoms with E-state index < -0.39 is 34.9 Å². The predicted molar refractivity (Wildman–Crippen MR) is 102 cm³/mol. The van der Waals surface area contributed by atoms with Crippen LogP contribution < -0.4 is 0 Å². The average molecular weight is 427 g/mol. The van der Waals surface area contributed by atoms with Gasteiger partial charge in [-0.05, 0) is 0 Å². The third-order valence-corrected chi connectivity index (χ3v) is 5.63. The van der Waals surface area contributed by atoms with Crippen molar-refractivity contribution in [2.75, 3.05) is 13.2 Å². The topological polar surface area (TPSA) is 77.4 Å². The lowest BCUT2D eigenvalue weighted by Gasteiger charge is -2.52. The van der Waals surface area contributed by atoms with E-state index in [1.54, 1.807) is 48.5 Å². The minimum Gasteiger partial charge on any atom is -0.394 e. The summed E-state index contributed by atoms with van der Waals surface area (Å²) in [5.74, 6) is 0. The van der Waals surface area contributed by atoms with Crippen LogP contribution in [0.15, 0.2) is 60.7 Å². The highest BCUT2D eigenvalue weighted by Gasteiger charge is 2.58. The summed E-state index contributed by atoms with van der Waals surface area (Å²) in [6, 6.07) is 17.8. The number of halogens is 2. The number of hydrogen-bond acceptors (Lipinski definition) is 6. The van der Waals surface area contributed by atoms with E-state index in [1.807, 2.05) is 12.1 Å². The van der Waals surface area contributed by atoms with Crippen molar-refractivity contribution in [1.82, 2.24) is 0 Å². The largest absolute Gasteiger partial charge is 0.394 e. The fraction of sp³-hybridized carbons (Fsp3) is 0.400. The van der Waals surface area contributed by atoms with Crippen molar-refractivity contribution in [2.45, 2.75) is 34.9 Å². The first kappa shape index (κ1) is 20.1. The Balaban J connectivity index is 1.68. The lowest BCUT2D eigenvalue weighted by atomic mass is 9.98. The maximum Gasteiger partial charge on any atom is 0.277 e. The summed E-state index contributed by atoms with van der Waals surface area (Å²) >= 11 is 13.2. The molecule has 6 atom stereocenters. The highest BCUT2D eigenvalue weighted by atomic mass is 35.5. The Morgan fingerprint density at radius 3 is 1.32 bits per heavy atom. The zero-order valence-corrected chi connectivity index (χ0v) is 16.3. The normalized spacial score (nSPS) is 38.0. The van der Waals surface area contributed by atoms with E-state index in [4.69, 9.17) is 42.1 Å². The molecule has 0 radical (unpaired) electrons. The molecule has 150 valence electrons. The molecule has 2 fully saturated rings. The Hall–Kier alpha value is -1.22. The van der Waals surface area contributed by atoms with Crippen molar-refractivity contribution in [3.05, 3.63) is 71.8 Å². The number of alkyl halides is 2. The van der Waals surface area contributed by atoms with E-state index in [0.29, 0.717) is 11.1 Å². The van der Waals surface area contributed by atoms with Crippen molar-refractivity contribution >= 4 is 23.2 Å². The van der Waals surface area contributed by atoms with E-state index in [0.717, 1.165) is 0 Å². The molecule has 0 aliphatic carbocycles. The summed E-state index contributed by atoms with van der Waals surface area (Å²) in [6.07, 6.45) is -3.33. The minimum atomic E-state index is -1.66. The molecule has 2 aromatic carbocycles. The van der Waals surface area contributed by atoms with Crippen LogP contribution in [0.1, 0.15) is 11.1 Å². The first-order valence-corrected chi connectivity index (χ1v) is 9.66. The minimum absolute atomic E-state index is 0.383. The summed E-state index contributed by atoms with van der Waals surface area (Å²) in [5, 5.41) is 16.6. The van der Waals surface area contributed by atoms with Crippen molar-refractivity contribution in [3.8, 4) is 0 Å². The number of rotatable bonds is 4. The van der Waals surface area contributed by atoms with Gasteiger partial charge in [0, 0.05) is 11.1 Å². The second-order valence-corrected chi connectivity index (χ2v) is 7.64. The number of aliphatic hydroxyl groups excluding tert-OH is 2. The van der Waals surface area contributed by atoms with Gasteiger partial charge >= 0.3 is 0 Å². The van der Waals surface area contributed by atoms with Crippen LogP contribution in [-0.4, -0.2) is 47.8 Å². The lowest BCUT2D eigenvalue weighted by Crippen LogP contribution is -2.65. The molecule has 0 spiro atoms. The van der Waals surface area contributed by atoms with Crippen LogP contribution in [-0.2, 0) is 29.4 Å². The molecule has 2 aromatic rings. The van der Waals surface area contributed by atoms with Gasteiger partial charge in [0.25, 0.3) is 10.5 Å². The molecule has 0 saturated carbocycles. The van der Waals surface area contributed by atoms with Gasteiger partial charge in [-0.25, -0.2) is 0 Å². The van der Waals surface area contributed by atoms with Gasteiger partial charge in [-0.2, -0.15) is 0 Å². The van der Waals surface area contributed by atoms with Gasteiger partial charge in [0.2, 0.25) is 0 Å². The molecule has 2 heterocycles. The molecule has 4 rings (SSSR count). The SMILES string of the molecule is OC[C@@H]1OC(Cl)(c2ccccc2)O[C@@H]2[C@H]1OC(Cl)(c1ccccc1)O[C@@H]2CO. The van der Waals surface area contributed by atoms with Gasteiger partial charge in [-0.3, -0.25) is 0 Å². The lowest BCUT2D eigenvalue weighted by molar-refractivity contribution is -0.412. The van der Waals surface area contributed by atoms with Crippen LogP contribution in [0, 0.1) is 0 Å². The highest BCUT2D eigenvalue weighted by Crippen LogP contribution is 2.48. The molecule has 6 nitrogen and oxygen atoms in total. The fourth-order valence-corrected chi connectivity index (χ4v) is 4.15. The smallest absolute Gasteiger partial charge is 0.277 e. The first-order chi connectivity index (χ1) is 13.5. The second kappa shape index (κ2) is 7.89. The van der Waals surface area contributed by atoms with Gasteiger partial charge in [-0.1, -0.05) is 83.9 Å². The number of benzene rings is 2. The molecule has 0 aromatic heterocycles. The molecule has 2 N–H and O–H groups in total. The number of hydrogen-bond donors (Lipinski definition) is 2. The van der Waals surface area contributed by atoms with Crippen LogP contribution in [0.4, 0.5) is 0 Å². The molecule has 2 aliphatic heterocycles. The molecule has 2 saturated heterocycles. The zero-order valence-electron chi connectivity index (χ0n) is 14.8. The third-order valence-electron chi connectivity index (χ3n) is 4.83. The number of aliphatic hydroxyl groups is 2. The van der Waals surface area contributed by atoms with Gasteiger partial charge in [0.05, 0.1) is 13.2 Å². The van der Waals surface area contributed by atoms with Crippen LogP contribution >= 0.6 is 23.2 Å². The van der Waals surface area contributed by atoms with Gasteiger partial charge < -0.3 is 29.2 Å². The van der Waals surface area contributed by atoms with Crippen LogP contribution in [0.3, 0.4) is 0 Å². The summed E-state index contributed by atoms with van der Waals surface area (Å²) in [4.78, 5) is 0. The van der Waals surface area contributed by atoms with Crippen molar-refractivity contribution in [1.29, 1.82) is 0 Å². The van der Waals surface area contributed by atoms with Crippen molar-refractivity contribution < 1.29 is 29.2 Å². The Kier molecular flexibility index (Phi) is 5.66. The molecular weight excluding hydrogens is 407 g/mol. The standard InChI is InChI=1S/C20H20Cl2O6/c21-19(13-7-3-1-4-8-13)25-15(11-23)18-17(27-19)16(12-24)26-20(22,28-18)14-9-5-2-6-10-14/h1-10,15-18,23-24H,11-12H2/t15-,16+,17-,18-,19?,20?/m0/s1. The molecule has 2 unspecified atom stereocenters. The summed E-state index contributed by atoms with van der Waals surface area (Å²) in [6.45, 7) is -0.766.